The van der Waals surface area contributed by atoms with E-state index >= 15 is 0 Å². The average Bonchev–Trinajstić information content (AvgIpc) is 2.82. The third-order valence-corrected chi connectivity index (χ3v) is 5.93. The number of carbonyl (C=O) groups excluding carboxylic acids is 3. The minimum Gasteiger partial charge on any atom is -0.484 e. The van der Waals surface area contributed by atoms with Gasteiger partial charge >= 0.3 is 12.3 Å². The van der Waals surface area contributed by atoms with Crippen molar-refractivity contribution in [2.75, 3.05) is 36.5 Å². The largest absolute Gasteiger partial charge is 0.484 e. The Morgan fingerprint density at radius 3 is 2.38 bits per heavy atom. The van der Waals surface area contributed by atoms with E-state index in [1.54, 1.807) is 20.8 Å². The highest BCUT2D eigenvalue weighted by Crippen LogP contribution is 2.29. The molecule has 1 saturated heterocycles. The summed E-state index contributed by atoms with van der Waals surface area (Å²) in [6.45, 7) is 6.16. The van der Waals surface area contributed by atoms with E-state index in [1.807, 2.05) is 36.1 Å². The summed E-state index contributed by atoms with van der Waals surface area (Å²) in [7, 11) is 0. The second kappa shape index (κ2) is 11.8. The molecule has 3 amide bonds. The third kappa shape index (κ3) is 8.52. The molecule has 1 heterocycles. The number of amides is 3. The van der Waals surface area contributed by atoms with Gasteiger partial charge in [-0.15, -0.1) is 0 Å². The zero-order valence-electron chi connectivity index (χ0n) is 22.3. The van der Waals surface area contributed by atoms with Crippen LogP contribution in [0.4, 0.5) is 29.3 Å². The first-order chi connectivity index (χ1) is 18.1. The highest BCUT2D eigenvalue weighted by molar-refractivity contribution is 5.89. The van der Waals surface area contributed by atoms with E-state index < -0.39 is 42.3 Å². The predicted octanol–water partition coefficient (Wildman–Crippen LogP) is 4.03. The number of benzene rings is 2. The van der Waals surface area contributed by atoms with Gasteiger partial charge in [-0.2, -0.15) is 13.2 Å². The highest BCUT2D eigenvalue weighted by atomic mass is 19.4. The molecular formula is C27H33F3N4O5. The number of nitrogens with one attached hydrogen (secondary N) is 1. The molecule has 0 saturated carbocycles. The summed E-state index contributed by atoms with van der Waals surface area (Å²) in [5.41, 5.74) is 7.07. The Balaban J connectivity index is 1.80. The van der Waals surface area contributed by atoms with Crippen LogP contribution in [0.5, 0.6) is 5.75 Å². The van der Waals surface area contributed by atoms with Crippen molar-refractivity contribution in [3.8, 4) is 5.75 Å². The van der Waals surface area contributed by atoms with Gasteiger partial charge in [0.05, 0.1) is 6.42 Å². The first-order valence-corrected chi connectivity index (χ1v) is 12.3. The normalized spacial score (nSPS) is 16.0. The molecule has 0 bridgehead atoms. The van der Waals surface area contributed by atoms with Crippen LogP contribution in [-0.4, -0.2) is 66.9 Å². The number of hydrogen-bond acceptors (Lipinski definition) is 6. The van der Waals surface area contributed by atoms with Crippen molar-refractivity contribution >= 4 is 29.3 Å². The fourth-order valence-corrected chi connectivity index (χ4v) is 4.22. The lowest BCUT2D eigenvalue weighted by atomic mass is 10.0. The second-order valence-electron chi connectivity index (χ2n) is 10.3. The molecule has 212 valence electrons. The summed E-state index contributed by atoms with van der Waals surface area (Å²) in [6, 6.07) is 10.7. The van der Waals surface area contributed by atoms with Crippen molar-refractivity contribution < 1.29 is 37.0 Å². The number of alkyl halides is 3. The van der Waals surface area contributed by atoms with Crippen molar-refractivity contribution in [3.05, 3.63) is 53.6 Å². The minimum absolute atomic E-state index is 0.125. The number of aryl methyl sites for hydroxylation is 1. The number of anilines is 2. The fraction of sp³-hybridized carbons (Fsp3) is 0.444. The van der Waals surface area contributed by atoms with E-state index in [2.05, 4.69) is 5.32 Å². The molecule has 1 fully saturated rings. The van der Waals surface area contributed by atoms with Gasteiger partial charge in [0.15, 0.2) is 6.61 Å². The van der Waals surface area contributed by atoms with E-state index in [0.29, 0.717) is 6.54 Å². The lowest BCUT2D eigenvalue weighted by molar-refractivity contribution is -0.153. The van der Waals surface area contributed by atoms with Crippen LogP contribution in [0.2, 0.25) is 0 Å². The Labute approximate surface area is 225 Å². The first kappa shape index (κ1) is 29.6. The zero-order chi connectivity index (χ0) is 29.0. The molecule has 3 rings (SSSR count). The molecule has 2 aromatic carbocycles. The quantitative estimate of drug-likeness (QED) is 0.538. The number of hydrogen-bond donors (Lipinski definition) is 2. The summed E-state index contributed by atoms with van der Waals surface area (Å²) in [6.07, 6.45) is -5.77. The summed E-state index contributed by atoms with van der Waals surface area (Å²) in [5.74, 6) is -1.41. The first-order valence-electron chi connectivity index (χ1n) is 12.3. The van der Waals surface area contributed by atoms with Gasteiger partial charge in [-0.1, -0.05) is 24.3 Å². The molecule has 0 radical (unpaired) electrons. The van der Waals surface area contributed by atoms with Gasteiger partial charge in [-0.25, -0.2) is 4.79 Å². The molecule has 0 aromatic heterocycles. The van der Waals surface area contributed by atoms with E-state index in [4.69, 9.17) is 15.2 Å². The Bertz CT molecular complexity index is 1210. The third-order valence-electron chi connectivity index (χ3n) is 5.93. The number of rotatable bonds is 7. The predicted molar refractivity (Wildman–Crippen MR) is 140 cm³/mol. The van der Waals surface area contributed by atoms with Crippen molar-refractivity contribution in [2.45, 2.75) is 51.9 Å². The number of carbonyl (C=O) groups is 3. The fourth-order valence-electron chi connectivity index (χ4n) is 4.22. The van der Waals surface area contributed by atoms with Gasteiger partial charge in [-0.05, 0) is 45.4 Å². The van der Waals surface area contributed by atoms with Crippen LogP contribution < -0.4 is 20.7 Å². The molecule has 1 unspecified atom stereocenters. The molecule has 3 N–H and O–H groups in total. The Kier molecular flexibility index (Phi) is 8.98. The van der Waals surface area contributed by atoms with Crippen LogP contribution in [0.3, 0.4) is 0 Å². The standard InChI is InChI=1S/C27H33F3N4O5/c1-17-7-5-6-8-20(17)33-11-12-34(21(15-33)24(31)36)23(35)13-18-9-10-19(32-25(37)39-26(2,3)4)14-22(18)38-16-27(28,29)30/h5-10,14,21H,11-13,15-16H2,1-4H3,(H2,31,36)(H,32,37). The van der Waals surface area contributed by atoms with Crippen molar-refractivity contribution in [1.82, 2.24) is 4.90 Å². The summed E-state index contributed by atoms with van der Waals surface area (Å²) < 4.78 is 48.9. The Hall–Kier alpha value is -3.96. The number of nitrogens with zero attached hydrogens (tertiary/aromatic N) is 2. The molecule has 12 heteroatoms. The smallest absolute Gasteiger partial charge is 0.422 e. The molecule has 1 aliphatic rings. The van der Waals surface area contributed by atoms with E-state index in [1.165, 1.54) is 23.1 Å². The second-order valence-corrected chi connectivity index (χ2v) is 10.3. The van der Waals surface area contributed by atoms with Crippen LogP contribution in [0.15, 0.2) is 42.5 Å². The SMILES string of the molecule is Cc1ccccc1N1CCN(C(=O)Cc2ccc(NC(=O)OC(C)(C)C)cc2OCC(F)(F)F)C(C(N)=O)C1. The van der Waals surface area contributed by atoms with Gasteiger partial charge in [0, 0.05) is 42.6 Å². The molecule has 9 nitrogen and oxygen atoms in total. The molecule has 1 atom stereocenters. The van der Waals surface area contributed by atoms with Crippen LogP contribution in [0.25, 0.3) is 0 Å². The topological polar surface area (TPSA) is 114 Å². The Morgan fingerprint density at radius 2 is 1.77 bits per heavy atom. The zero-order valence-corrected chi connectivity index (χ0v) is 22.3. The number of halogens is 3. The van der Waals surface area contributed by atoms with Crippen molar-refractivity contribution in [2.24, 2.45) is 5.73 Å². The van der Waals surface area contributed by atoms with E-state index in [-0.39, 0.29) is 36.5 Å². The number of ether oxygens (including phenoxy) is 2. The van der Waals surface area contributed by atoms with Crippen molar-refractivity contribution in [3.63, 3.8) is 0 Å². The van der Waals surface area contributed by atoms with Crippen LogP contribution >= 0.6 is 0 Å². The van der Waals surface area contributed by atoms with Crippen LogP contribution in [-0.2, 0) is 20.7 Å². The average molecular weight is 551 g/mol. The maximum atomic E-state index is 13.3. The number of primary amides is 1. The lowest BCUT2D eigenvalue weighted by Gasteiger charge is -2.41. The maximum absolute atomic E-state index is 13.3. The van der Waals surface area contributed by atoms with E-state index in [0.717, 1.165) is 11.3 Å². The van der Waals surface area contributed by atoms with Gasteiger partial charge in [0.25, 0.3) is 0 Å². The van der Waals surface area contributed by atoms with Gasteiger partial charge in [0.1, 0.15) is 17.4 Å². The molecule has 2 aromatic rings. The molecular weight excluding hydrogens is 517 g/mol. The van der Waals surface area contributed by atoms with Crippen molar-refractivity contribution in [1.29, 1.82) is 0 Å². The minimum atomic E-state index is -4.63. The summed E-state index contributed by atoms with van der Waals surface area (Å²) in [5, 5.41) is 2.44. The van der Waals surface area contributed by atoms with Gasteiger partial charge in [0.2, 0.25) is 11.8 Å². The molecule has 0 spiro atoms. The molecule has 1 aliphatic heterocycles. The summed E-state index contributed by atoms with van der Waals surface area (Å²) >= 11 is 0. The maximum Gasteiger partial charge on any atom is 0.422 e. The van der Waals surface area contributed by atoms with Gasteiger partial charge in [-0.3, -0.25) is 14.9 Å². The van der Waals surface area contributed by atoms with Crippen LogP contribution in [0.1, 0.15) is 31.9 Å². The van der Waals surface area contributed by atoms with E-state index in [9.17, 15) is 27.6 Å². The Morgan fingerprint density at radius 1 is 1.08 bits per heavy atom. The highest BCUT2D eigenvalue weighted by Gasteiger charge is 2.35. The number of piperazine rings is 1. The number of para-hydroxylation sites is 1. The molecule has 0 aliphatic carbocycles. The summed E-state index contributed by atoms with van der Waals surface area (Å²) in [4.78, 5) is 41.0. The lowest BCUT2D eigenvalue weighted by Crippen LogP contribution is -2.60. The van der Waals surface area contributed by atoms with Gasteiger partial charge < -0.3 is 25.0 Å². The van der Waals surface area contributed by atoms with Crippen LogP contribution in [0, 0.1) is 6.92 Å². The number of nitrogens with two attached hydrogens (primary N) is 1. The molecule has 39 heavy (non-hydrogen) atoms. The monoisotopic (exact) mass is 550 g/mol.